The third-order valence-corrected chi connectivity index (χ3v) is 5.87. The summed E-state index contributed by atoms with van der Waals surface area (Å²) in [5.41, 5.74) is 2.29. The van der Waals surface area contributed by atoms with Crippen molar-refractivity contribution < 1.29 is 33.3 Å². The van der Waals surface area contributed by atoms with Crippen LogP contribution >= 0.6 is 11.8 Å². The van der Waals surface area contributed by atoms with Crippen molar-refractivity contribution in [3.63, 3.8) is 0 Å². The molecule has 0 aliphatic carbocycles. The van der Waals surface area contributed by atoms with Gasteiger partial charge in [0.15, 0.2) is 23.7 Å². The van der Waals surface area contributed by atoms with Gasteiger partial charge in [0.1, 0.15) is 5.75 Å². The Morgan fingerprint density at radius 1 is 0.875 bits per heavy atom. The van der Waals surface area contributed by atoms with Crippen LogP contribution in [0.5, 0.6) is 5.75 Å². The maximum absolute atomic E-state index is 11.8. The van der Waals surface area contributed by atoms with E-state index in [1.54, 1.807) is 12.4 Å². The molecule has 32 heavy (non-hydrogen) atoms. The number of hydrogen-bond donors (Lipinski definition) is 0. The number of carbonyl (C=O) groups is 3. The Morgan fingerprint density at radius 3 is 2.12 bits per heavy atom. The standard InChI is InChI=1S/C23H25NO7S/c1-13-5-7-17(8-6-13)18-9-19(11-24-10-18)31-23-22(30-16(4)27)21(29-15(3)26)20(12-32-23)28-14(2)25/h5-11,20-23H,12H2,1-4H3/t20-,21+,22-,23-/m1/s1. The number of nitrogens with zero attached hydrogens (tertiary/aromatic N) is 1. The number of hydrogen-bond acceptors (Lipinski definition) is 9. The molecule has 3 rings (SSSR count). The van der Waals surface area contributed by atoms with E-state index in [0.29, 0.717) is 11.5 Å². The molecule has 1 aromatic heterocycles. The van der Waals surface area contributed by atoms with Crippen LogP contribution in [-0.2, 0) is 28.6 Å². The van der Waals surface area contributed by atoms with Crippen LogP contribution in [0.25, 0.3) is 11.1 Å². The maximum Gasteiger partial charge on any atom is 0.303 e. The summed E-state index contributed by atoms with van der Waals surface area (Å²) in [5, 5.41) is 0. The van der Waals surface area contributed by atoms with Gasteiger partial charge in [-0.1, -0.05) is 29.8 Å². The topological polar surface area (TPSA) is 101 Å². The first-order valence-electron chi connectivity index (χ1n) is 10.0. The number of benzene rings is 1. The fraction of sp³-hybridized carbons (Fsp3) is 0.391. The number of esters is 3. The van der Waals surface area contributed by atoms with Crippen molar-refractivity contribution in [2.24, 2.45) is 0 Å². The van der Waals surface area contributed by atoms with Crippen LogP contribution < -0.4 is 4.74 Å². The Balaban J connectivity index is 1.86. The SMILES string of the molecule is CC(=O)O[C@@H]1[C@@H](OC(C)=O)[C@H](OC(C)=O)CS[C@H]1Oc1cncc(-c2ccc(C)cc2)c1. The lowest BCUT2D eigenvalue weighted by Crippen LogP contribution is -2.55. The van der Waals surface area contributed by atoms with E-state index in [0.717, 1.165) is 16.7 Å². The number of aromatic nitrogens is 1. The third kappa shape index (κ3) is 6.23. The van der Waals surface area contributed by atoms with E-state index < -0.39 is 41.7 Å². The molecule has 0 bridgehead atoms. The minimum absolute atomic E-state index is 0.297. The fourth-order valence-electron chi connectivity index (χ4n) is 3.33. The van der Waals surface area contributed by atoms with Crippen molar-refractivity contribution in [1.82, 2.24) is 4.98 Å². The Kier molecular flexibility index (Phi) is 7.74. The zero-order valence-corrected chi connectivity index (χ0v) is 19.1. The zero-order chi connectivity index (χ0) is 23.3. The first-order valence-corrected chi connectivity index (χ1v) is 11.1. The second kappa shape index (κ2) is 10.5. The lowest BCUT2D eigenvalue weighted by Gasteiger charge is -2.39. The molecule has 0 N–H and O–H groups in total. The molecule has 0 amide bonds. The summed E-state index contributed by atoms with van der Waals surface area (Å²) in [4.78, 5) is 39.3. The molecular formula is C23H25NO7S. The highest BCUT2D eigenvalue weighted by Gasteiger charge is 2.47. The molecule has 8 nitrogen and oxygen atoms in total. The predicted molar refractivity (Wildman–Crippen MR) is 118 cm³/mol. The van der Waals surface area contributed by atoms with Gasteiger partial charge in [0.25, 0.3) is 0 Å². The van der Waals surface area contributed by atoms with E-state index in [1.807, 2.05) is 37.3 Å². The summed E-state index contributed by atoms with van der Waals surface area (Å²) < 4.78 is 22.3. The highest BCUT2D eigenvalue weighted by molar-refractivity contribution is 7.99. The maximum atomic E-state index is 11.8. The molecule has 0 radical (unpaired) electrons. The molecule has 1 fully saturated rings. The van der Waals surface area contributed by atoms with Crippen molar-refractivity contribution >= 4 is 29.7 Å². The van der Waals surface area contributed by atoms with Crippen molar-refractivity contribution in [2.75, 3.05) is 5.75 Å². The van der Waals surface area contributed by atoms with Gasteiger partial charge in [-0.05, 0) is 18.6 Å². The van der Waals surface area contributed by atoms with E-state index in [-0.39, 0.29) is 0 Å². The monoisotopic (exact) mass is 459 g/mol. The second-order valence-corrected chi connectivity index (χ2v) is 8.52. The molecule has 1 saturated heterocycles. The van der Waals surface area contributed by atoms with Gasteiger partial charge in [-0.3, -0.25) is 19.4 Å². The highest BCUT2D eigenvalue weighted by Crippen LogP contribution is 2.35. The molecule has 1 aromatic carbocycles. The molecule has 0 unspecified atom stereocenters. The number of rotatable bonds is 6. The van der Waals surface area contributed by atoms with Gasteiger partial charge in [0, 0.05) is 38.3 Å². The minimum Gasteiger partial charge on any atom is -0.474 e. The largest absolute Gasteiger partial charge is 0.474 e. The van der Waals surface area contributed by atoms with Crippen LogP contribution in [0.3, 0.4) is 0 Å². The normalized spacial score (nSPS) is 22.5. The molecular weight excluding hydrogens is 434 g/mol. The van der Waals surface area contributed by atoms with Crippen molar-refractivity contribution in [1.29, 1.82) is 0 Å². The van der Waals surface area contributed by atoms with E-state index in [2.05, 4.69) is 4.98 Å². The van der Waals surface area contributed by atoms with Gasteiger partial charge in [-0.15, -0.1) is 11.8 Å². The smallest absolute Gasteiger partial charge is 0.303 e. The summed E-state index contributed by atoms with van der Waals surface area (Å²) in [6.07, 6.45) is 0.528. The van der Waals surface area contributed by atoms with E-state index in [1.165, 1.54) is 32.5 Å². The third-order valence-electron chi connectivity index (χ3n) is 4.65. The summed E-state index contributed by atoms with van der Waals surface area (Å²) in [7, 11) is 0. The lowest BCUT2D eigenvalue weighted by atomic mass is 10.1. The van der Waals surface area contributed by atoms with E-state index >= 15 is 0 Å². The first-order chi connectivity index (χ1) is 15.2. The number of ether oxygens (including phenoxy) is 4. The number of pyridine rings is 1. The summed E-state index contributed by atoms with van der Waals surface area (Å²) in [6.45, 7) is 5.77. The summed E-state index contributed by atoms with van der Waals surface area (Å²) in [6, 6.07) is 9.84. The van der Waals surface area contributed by atoms with Gasteiger partial charge in [0.05, 0.1) is 6.20 Å². The second-order valence-electron chi connectivity index (χ2n) is 7.39. The van der Waals surface area contributed by atoms with Crippen LogP contribution in [0.4, 0.5) is 0 Å². The predicted octanol–water partition coefficient (Wildman–Crippen LogP) is 3.30. The van der Waals surface area contributed by atoms with Crippen LogP contribution in [0.1, 0.15) is 26.3 Å². The van der Waals surface area contributed by atoms with E-state index in [4.69, 9.17) is 18.9 Å². The minimum atomic E-state index is -1.00. The van der Waals surface area contributed by atoms with Crippen LogP contribution in [-0.4, -0.2) is 52.4 Å². The summed E-state index contributed by atoms with van der Waals surface area (Å²) in [5.74, 6) is -0.923. The molecule has 0 saturated carbocycles. The molecule has 0 spiro atoms. The van der Waals surface area contributed by atoms with Crippen LogP contribution in [0.15, 0.2) is 42.7 Å². The quantitative estimate of drug-likeness (QED) is 0.476. The van der Waals surface area contributed by atoms with Gasteiger partial charge >= 0.3 is 17.9 Å². The Labute approximate surface area is 190 Å². The fourth-order valence-corrected chi connectivity index (χ4v) is 4.55. The van der Waals surface area contributed by atoms with Gasteiger partial charge in [-0.25, -0.2) is 0 Å². The molecule has 1 aliphatic rings. The number of aryl methyl sites for hydroxylation is 1. The molecule has 9 heteroatoms. The number of carbonyl (C=O) groups excluding carboxylic acids is 3. The van der Waals surface area contributed by atoms with E-state index in [9.17, 15) is 14.4 Å². The molecule has 1 aliphatic heterocycles. The van der Waals surface area contributed by atoms with Crippen molar-refractivity contribution in [2.45, 2.75) is 51.4 Å². The highest BCUT2D eigenvalue weighted by atomic mass is 32.2. The van der Waals surface area contributed by atoms with Crippen LogP contribution in [0, 0.1) is 6.92 Å². The molecule has 170 valence electrons. The van der Waals surface area contributed by atoms with Gasteiger partial charge < -0.3 is 18.9 Å². The van der Waals surface area contributed by atoms with Crippen molar-refractivity contribution in [3.05, 3.63) is 48.3 Å². The average Bonchev–Trinajstić information content (AvgIpc) is 2.72. The number of thioether (sulfide) groups is 1. The zero-order valence-electron chi connectivity index (χ0n) is 18.3. The molecule has 2 heterocycles. The Bertz CT molecular complexity index is 979. The van der Waals surface area contributed by atoms with Crippen LogP contribution in [0.2, 0.25) is 0 Å². The van der Waals surface area contributed by atoms with Gasteiger partial charge in [0.2, 0.25) is 0 Å². The average molecular weight is 460 g/mol. The Hall–Kier alpha value is -3.07. The lowest BCUT2D eigenvalue weighted by molar-refractivity contribution is -0.186. The van der Waals surface area contributed by atoms with Gasteiger partial charge in [-0.2, -0.15) is 0 Å². The summed E-state index contributed by atoms with van der Waals surface area (Å²) >= 11 is 1.30. The van der Waals surface area contributed by atoms with Crippen molar-refractivity contribution in [3.8, 4) is 16.9 Å². The molecule has 2 aromatic rings. The Morgan fingerprint density at radius 2 is 1.50 bits per heavy atom. The molecule has 4 atom stereocenters. The first kappa shape index (κ1) is 23.6.